The van der Waals surface area contributed by atoms with E-state index in [2.05, 4.69) is 0 Å². The van der Waals surface area contributed by atoms with Crippen LogP contribution in [0.2, 0.25) is 0 Å². The van der Waals surface area contributed by atoms with Gasteiger partial charge in [0.1, 0.15) is 0 Å². The van der Waals surface area contributed by atoms with Gasteiger partial charge in [-0.15, -0.1) is 12.4 Å². The van der Waals surface area contributed by atoms with Gasteiger partial charge in [-0.05, 0) is 0 Å². The Labute approximate surface area is 184 Å². The van der Waals surface area contributed by atoms with Gasteiger partial charge in [0, 0.05) is 0 Å². The number of hydrogen-bond acceptors (Lipinski definition) is 0. The molecule has 0 unspecified atom stereocenters. The zero-order valence-corrected chi connectivity index (χ0v) is 1.22. The molecule has 0 aliphatic heterocycles. The molecule has 0 spiro atoms. The van der Waals surface area contributed by atoms with Crippen LogP contribution in [0.15, 0.2) is 0 Å². The minimum atomic E-state index is 0. The summed E-state index contributed by atoms with van der Waals surface area (Å²) in [4.78, 5) is 0. The van der Waals surface area contributed by atoms with E-state index in [-0.39, 0.29) is 190 Å². The van der Waals surface area contributed by atoms with E-state index in [9.17, 15) is 0 Å². The molecule has 0 aliphatic carbocycles. The van der Waals surface area contributed by atoms with Gasteiger partial charge in [-0.3, -0.25) is 0 Å². The summed E-state index contributed by atoms with van der Waals surface area (Å²) < 4.78 is 0. The Bertz CT molecular complexity index is 4.14. The third kappa shape index (κ3) is 32.9. The van der Waals surface area contributed by atoms with Gasteiger partial charge >= 0.3 is 177 Å². The van der Waals surface area contributed by atoms with E-state index in [1.54, 1.807) is 0 Å². The molecule has 0 aromatic heterocycles. The van der Waals surface area contributed by atoms with Crippen LogP contribution in [-0.2, 0) is 0 Å². The van der Waals surface area contributed by atoms with Crippen molar-refractivity contribution in [2.45, 2.75) is 0 Å². The average Bonchev–Trinajstić information content (AvgIpc) is 0. The number of hydrogen-bond donors (Lipinski definition) is 0. The van der Waals surface area contributed by atoms with Crippen LogP contribution in [0, 0.1) is 0 Å². The van der Waals surface area contributed by atoms with Crippen molar-refractivity contribution in [2.24, 2.45) is 0 Å². The van der Waals surface area contributed by atoms with Gasteiger partial charge in [0.05, 0.1) is 0 Å². The first kappa shape index (κ1) is 50.7. The zero-order valence-electron chi connectivity index (χ0n) is 0.408. The third-order valence-electron chi connectivity index (χ3n) is 0. The van der Waals surface area contributed by atoms with E-state index < -0.39 is 0 Å². The van der Waals surface area contributed by atoms with E-state index in [4.69, 9.17) is 0 Å². The minimum absolute atomic E-state index is 0. The Morgan fingerprint density at radius 1 is 0.286 bits per heavy atom. The third-order valence-corrected chi connectivity index (χ3v) is 0. The topological polar surface area (TPSA) is 0 Å². The molecule has 0 aromatic rings. The summed E-state index contributed by atoms with van der Waals surface area (Å²) >= 11 is 0. The molecule has 20 valence electrons. The Kier molecular flexibility index (Phi) is 287. The summed E-state index contributed by atoms with van der Waals surface area (Å²) in [7, 11) is 0. The van der Waals surface area contributed by atoms with E-state index >= 15 is 0 Å². The van der Waals surface area contributed by atoms with Crippen molar-refractivity contribution in [3.63, 3.8) is 0 Å². The van der Waals surface area contributed by atoms with E-state index in [0.29, 0.717) is 0 Å². The van der Waals surface area contributed by atoms with Crippen LogP contribution >= 0.6 is 12.4 Å². The molecule has 0 atom stereocenters. The maximum absolute atomic E-state index is 0. The van der Waals surface area contributed by atoms with E-state index in [1.165, 1.54) is 0 Å². The summed E-state index contributed by atoms with van der Waals surface area (Å²) in [6, 6.07) is 0. The summed E-state index contributed by atoms with van der Waals surface area (Å²) in [5.74, 6) is 0. The molecule has 0 rings (SSSR count). The molecular formula is H7ClNa6. The summed E-state index contributed by atoms with van der Waals surface area (Å²) in [5, 5.41) is 0. The molecule has 0 fully saturated rings. The quantitative estimate of drug-likeness (QED) is 0.340. The van der Waals surface area contributed by atoms with Crippen molar-refractivity contribution in [3.05, 3.63) is 0 Å². The number of halogens is 1. The number of rotatable bonds is 0. The SMILES string of the molecule is Cl.[NaH].[NaH].[NaH].[NaH].[NaH].[NaH]. The molecule has 0 aromatic carbocycles. The molecule has 0 N–H and O–H groups in total. The van der Waals surface area contributed by atoms with Gasteiger partial charge in [0.25, 0.3) is 0 Å². The maximum atomic E-state index is 0. The monoisotopic (exact) mass is 180 g/mol. The Morgan fingerprint density at radius 2 is 0.286 bits per heavy atom. The molecule has 0 saturated carbocycles. The predicted molar refractivity (Wildman–Crippen MR) is 50.1 cm³/mol. The fraction of sp³-hybridized carbons (Fsp3) is 0. The normalized spacial score (nSPS) is 0. The van der Waals surface area contributed by atoms with Crippen LogP contribution in [0.25, 0.3) is 0 Å². The van der Waals surface area contributed by atoms with Crippen LogP contribution < -0.4 is 0 Å². The Morgan fingerprint density at radius 3 is 0.286 bits per heavy atom. The van der Waals surface area contributed by atoms with Crippen LogP contribution in [0.3, 0.4) is 0 Å². The summed E-state index contributed by atoms with van der Waals surface area (Å²) in [5.41, 5.74) is 0. The van der Waals surface area contributed by atoms with Crippen LogP contribution in [0.5, 0.6) is 0 Å². The molecule has 0 nitrogen and oxygen atoms in total. The molecule has 0 saturated heterocycles. The Hall–Kier alpha value is 6.29. The standard InChI is InChI=1S/ClH.6Na.6H/h1H;;;;;;;;;;;;. The molecular weight excluding hydrogens is 173 g/mol. The molecule has 0 radical (unpaired) electrons. The van der Waals surface area contributed by atoms with Gasteiger partial charge < -0.3 is 0 Å². The van der Waals surface area contributed by atoms with Crippen molar-refractivity contribution in [2.75, 3.05) is 0 Å². The summed E-state index contributed by atoms with van der Waals surface area (Å²) in [6.45, 7) is 0. The first-order valence-corrected chi connectivity index (χ1v) is 0. The average molecular weight is 180 g/mol. The summed E-state index contributed by atoms with van der Waals surface area (Å²) in [6.07, 6.45) is 0. The van der Waals surface area contributed by atoms with Crippen molar-refractivity contribution < 1.29 is 0 Å². The molecule has 7 heavy (non-hydrogen) atoms. The predicted octanol–water partition coefficient (Wildman–Crippen LogP) is -3.47. The molecule has 0 aliphatic rings. The van der Waals surface area contributed by atoms with Crippen molar-refractivity contribution in [1.82, 2.24) is 0 Å². The molecule has 0 amide bonds. The van der Waals surface area contributed by atoms with Crippen LogP contribution in [0.4, 0.5) is 0 Å². The molecule has 0 bridgehead atoms. The van der Waals surface area contributed by atoms with Gasteiger partial charge in [-0.25, -0.2) is 0 Å². The zero-order chi connectivity index (χ0) is 0. The van der Waals surface area contributed by atoms with Crippen molar-refractivity contribution in [3.8, 4) is 0 Å². The van der Waals surface area contributed by atoms with Gasteiger partial charge in [0.2, 0.25) is 0 Å². The molecule has 7 heteroatoms. The molecule has 0 heterocycles. The fourth-order valence-electron chi connectivity index (χ4n) is 0. The van der Waals surface area contributed by atoms with Crippen molar-refractivity contribution >= 4 is 190 Å². The first-order valence-electron chi connectivity index (χ1n) is 0. The second-order valence-corrected chi connectivity index (χ2v) is 0. The Balaban J connectivity index is 0. The first-order chi connectivity index (χ1) is 0. The van der Waals surface area contributed by atoms with Crippen LogP contribution in [-0.4, -0.2) is 177 Å². The fourth-order valence-corrected chi connectivity index (χ4v) is 0. The second kappa shape index (κ2) is 39.6. The van der Waals surface area contributed by atoms with Gasteiger partial charge in [-0.1, -0.05) is 0 Å². The second-order valence-electron chi connectivity index (χ2n) is 0. The van der Waals surface area contributed by atoms with E-state index in [0.717, 1.165) is 0 Å². The van der Waals surface area contributed by atoms with Gasteiger partial charge in [-0.2, -0.15) is 0 Å². The van der Waals surface area contributed by atoms with Gasteiger partial charge in [0.15, 0.2) is 0 Å². The van der Waals surface area contributed by atoms with E-state index in [1.807, 2.05) is 0 Å². The van der Waals surface area contributed by atoms with Crippen molar-refractivity contribution in [1.29, 1.82) is 0 Å². The van der Waals surface area contributed by atoms with Crippen LogP contribution in [0.1, 0.15) is 0 Å².